The first kappa shape index (κ1) is 28.1. The molecule has 5 rings (SSSR count). The molecule has 0 radical (unpaired) electrons. The van der Waals surface area contributed by atoms with Crippen LogP contribution in [-0.4, -0.2) is 46.3 Å². The number of carbonyl (C=O) groups is 2. The number of nitrogens with one attached hydrogen (secondary N) is 1. The number of piperidine rings is 1. The van der Waals surface area contributed by atoms with Crippen molar-refractivity contribution < 1.29 is 19.2 Å². The zero-order valence-corrected chi connectivity index (χ0v) is 23.8. The minimum absolute atomic E-state index is 0.0356. The van der Waals surface area contributed by atoms with Gasteiger partial charge >= 0.3 is 5.97 Å². The largest absolute Gasteiger partial charge is 0.480 e. The fourth-order valence-corrected chi connectivity index (χ4v) is 5.01. The zero-order valence-electron chi connectivity index (χ0n) is 23.8. The Labute approximate surface area is 240 Å². The molecular weight excluding hydrogens is 516 g/mol. The van der Waals surface area contributed by atoms with E-state index in [0.29, 0.717) is 17.3 Å². The maximum atomic E-state index is 12.8. The van der Waals surface area contributed by atoms with Crippen molar-refractivity contribution in [2.24, 2.45) is 0 Å². The monoisotopic (exact) mass is 552 g/mol. The second kappa shape index (κ2) is 12.0. The second-order valence-corrected chi connectivity index (χ2v) is 11.6. The van der Waals surface area contributed by atoms with Crippen LogP contribution in [0.25, 0.3) is 22.8 Å². The molecule has 1 amide bonds. The minimum atomic E-state index is -1.09. The normalized spacial score (nSPS) is 14.5. The molecule has 3 aromatic carbocycles. The van der Waals surface area contributed by atoms with Gasteiger partial charge in [-0.05, 0) is 72.2 Å². The molecule has 2 N–H and O–H groups in total. The van der Waals surface area contributed by atoms with Gasteiger partial charge in [-0.2, -0.15) is 4.98 Å². The molecule has 212 valence electrons. The Morgan fingerprint density at radius 1 is 0.902 bits per heavy atom. The number of hydrogen-bond donors (Lipinski definition) is 2. The van der Waals surface area contributed by atoms with Crippen LogP contribution in [0.1, 0.15) is 61.5 Å². The molecule has 1 aromatic heterocycles. The first-order chi connectivity index (χ1) is 19.7. The van der Waals surface area contributed by atoms with E-state index >= 15 is 0 Å². The van der Waals surface area contributed by atoms with Crippen molar-refractivity contribution in [2.75, 3.05) is 18.0 Å². The summed E-state index contributed by atoms with van der Waals surface area (Å²) in [7, 11) is 0. The number of rotatable bonds is 8. The van der Waals surface area contributed by atoms with Gasteiger partial charge in [0.1, 0.15) is 6.04 Å². The van der Waals surface area contributed by atoms with Gasteiger partial charge in [-0.25, -0.2) is 4.79 Å². The van der Waals surface area contributed by atoms with Crippen LogP contribution in [-0.2, 0) is 16.6 Å². The van der Waals surface area contributed by atoms with Crippen LogP contribution in [0, 0.1) is 0 Å². The average molecular weight is 553 g/mol. The van der Waals surface area contributed by atoms with Crippen molar-refractivity contribution in [3.8, 4) is 22.8 Å². The summed E-state index contributed by atoms with van der Waals surface area (Å²) in [5, 5.41) is 16.6. The molecule has 4 aromatic rings. The van der Waals surface area contributed by atoms with Gasteiger partial charge in [0.05, 0.1) is 0 Å². The van der Waals surface area contributed by atoms with Crippen molar-refractivity contribution in [2.45, 2.75) is 57.9 Å². The SMILES string of the molecule is CC(C)(C)c1ccc(C(=O)NC(Cc2ccc(-c3noc(-c4ccc(N5CCCCC5)cc4)n3)cc2)C(=O)O)cc1. The molecule has 1 unspecified atom stereocenters. The average Bonchev–Trinajstić information content (AvgIpc) is 3.48. The lowest BCUT2D eigenvalue weighted by molar-refractivity contribution is -0.139. The van der Waals surface area contributed by atoms with E-state index in [4.69, 9.17) is 4.52 Å². The number of carbonyl (C=O) groups excluding carboxylic acids is 1. The van der Waals surface area contributed by atoms with Crippen LogP contribution in [0.3, 0.4) is 0 Å². The molecule has 0 aliphatic carbocycles. The number of amides is 1. The number of aliphatic carboxylic acids is 1. The number of carboxylic acids is 1. The van der Waals surface area contributed by atoms with E-state index in [1.165, 1.54) is 24.9 Å². The molecule has 2 heterocycles. The minimum Gasteiger partial charge on any atom is -0.480 e. The third kappa shape index (κ3) is 6.82. The first-order valence-electron chi connectivity index (χ1n) is 14.1. The van der Waals surface area contributed by atoms with Crippen LogP contribution in [0.2, 0.25) is 0 Å². The fourth-order valence-electron chi connectivity index (χ4n) is 5.01. The van der Waals surface area contributed by atoms with E-state index in [1.807, 2.05) is 48.5 Å². The van der Waals surface area contributed by atoms with Crippen molar-refractivity contribution >= 4 is 17.6 Å². The lowest BCUT2D eigenvalue weighted by Crippen LogP contribution is -2.42. The van der Waals surface area contributed by atoms with E-state index < -0.39 is 17.9 Å². The van der Waals surface area contributed by atoms with Crippen LogP contribution < -0.4 is 10.2 Å². The van der Waals surface area contributed by atoms with Crippen molar-refractivity contribution in [3.63, 3.8) is 0 Å². The Bertz CT molecular complexity index is 1480. The molecule has 1 saturated heterocycles. The fraction of sp³-hybridized carbons (Fsp3) is 0.333. The summed E-state index contributed by atoms with van der Waals surface area (Å²) in [6, 6.07) is 21.7. The van der Waals surface area contributed by atoms with Crippen LogP contribution in [0.5, 0.6) is 0 Å². The predicted octanol–water partition coefficient (Wildman–Crippen LogP) is 6.12. The zero-order chi connectivity index (χ0) is 29.0. The maximum Gasteiger partial charge on any atom is 0.326 e. The quantitative estimate of drug-likeness (QED) is 0.271. The van der Waals surface area contributed by atoms with Gasteiger partial charge in [-0.1, -0.05) is 62.3 Å². The summed E-state index contributed by atoms with van der Waals surface area (Å²) in [5.74, 6) is -0.618. The molecule has 1 aliphatic rings. The topological polar surface area (TPSA) is 109 Å². The Hall–Kier alpha value is -4.46. The van der Waals surface area contributed by atoms with Gasteiger partial charge in [-0.15, -0.1) is 0 Å². The molecule has 8 nitrogen and oxygen atoms in total. The molecule has 41 heavy (non-hydrogen) atoms. The number of hydrogen-bond acceptors (Lipinski definition) is 6. The number of aromatic nitrogens is 2. The molecule has 1 aliphatic heterocycles. The third-order valence-electron chi connectivity index (χ3n) is 7.53. The summed E-state index contributed by atoms with van der Waals surface area (Å²) < 4.78 is 5.53. The summed E-state index contributed by atoms with van der Waals surface area (Å²) in [6.07, 6.45) is 3.89. The van der Waals surface area contributed by atoms with Crippen molar-refractivity contribution in [3.05, 3.63) is 89.5 Å². The number of benzene rings is 3. The van der Waals surface area contributed by atoms with Gasteiger partial charge < -0.3 is 19.8 Å². The summed E-state index contributed by atoms with van der Waals surface area (Å²) in [5.41, 5.74) is 5.07. The van der Waals surface area contributed by atoms with E-state index in [1.54, 1.807) is 12.1 Å². The smallest absolute Gasteiger partial charge is 0.326 e. The highest BCUT2D eigenvalue weighted by Gasteiger charge is 2.22. The molecule has 1 fully saturated rings. The highest BCUT2D eigenvalue weighted by Crippen LogP contribution is 2.27. The Kier molecular flexibility index (Phi) is 8.19. The van der Waals surface area contributed by atoms with Gasteiger partial charge in [-0.3, -0.25) is 4.79 Å². The van der Waals surface area contributed by atoms with E-state index in [2.05, 4.69) is 53.3 Å². The molecule has 0 bridgehead atoms. The van der Waals surface area contributed by atoms with E-state index in [9.17, 15) is 14.7 Å². The molecule has 0 saturated carbocycles. The highest BCUT2D eigenvalue weighted by molar-refractivity contribution is 5.96. The Balaban J connectivity index is 1.22. The lowest BCUT2D eigenvalue weighted by atomic mass is 9.86. The van der Waals surface area contributed by atoms with Gasteiger partial charge in [0.15, 0.2) is 0 Å². The molecular formula is C33H36N4O4. The maximum absolute atomic E-state index is 12.8. The van der Waals surface area contributed by atoms with E-state index in [0.717, 1.165) is 35.3 Å². The van der Waals surface area contributed by atoms with Gasteiger partial charge in [0.2, 0.25) is 5.82 Å². The van der Waals surface area contributed by atoms with Crippen LogP contribution >= 0.6 is 0 Å². The molecule has 1 atom stereocenters. The van der Waals surface area contributed by atoms with Crippen LogP contribution in [0.15, 0.2) is 77.3 Å². The lowest BCUT2D eigenvalue weighted by Gasteiger charge is -2.28. The highest BCUT2D eigenvalue weighted by atomic mass is 16.5. The van der Waals surface area contributed by atoms with Gasteiger partial charge in [0.25, 0.3) is 11.8 Å². The van der Waals surface area contributed by atoms with Crippen molar-refractivity contribution in [1.29, 1.82) is 0 Å². The summed E-state index contributed by atoms with van der Waals surface area (Å²) in [6.45, 7) is 8.47. The van der Waals surface area contributed by atoms with E-state index in [-0.39, 0.29) is 11.8 Å². The van der Waals surface area contributed by atoms with Gasteiger partial charge in [0, 0.05) is 41.9 Å². The number of nitrogens with zero attached hydrogens (tertiary/aromatic N) is 3. The standard InChI is InChI=1S/C33H36N4O4/c1-33(2,3)26-15-11-24(12-16-26)30(38)34-28(32(39)40)21-22-7-9-23(10-8-22)29-35-31(41-36-29)25-13-17-27(18-14-25)37-19-5-4-6-20-37/h7-18,28H,4-6,19-21H2,1-3H3,(H,34,38)(H,39,40). The van der Waals surface area contributed by atoms with Crippen LogP contribution in [0.4, 0.5) is 5.69 Å². The Morgan fingerprint density at radius 2 is 1.54 bits per heavy atom. The Morgan fingerprint density at radius 3 is 2.15 bits per heavy atom. The first-order valence-corrected chi connectivity index (χ1v) is 14.1. The number of anilines is 1. The predicted molar refractivity (Wildman–Crippen MR) is 159 cm³/mol. The molecule has 0 spiro atoms. The third-order valence-corrected chi connectivity index (χ3v) is 7.53. The second-order valence-electron chi connectivity index (χ2n) is 11.6. The number of carboxylic acid groups (broad SMARTS) is 1. The summed E-state index contributed by atoms with van der Waals surface area (Å²) in [4.78, 5) is 31.7. The molecule has 8 heteroatoms. The van der Waals surface area contributed by atoms with Crippen molar-refractivity contribution in [1.82, 2.24) is 15.5 Å². The summed E-state index contributed by atoms with van der Waals surface area (Å²) >= 11 is 0.